The molecule has 0 aromatic heterocycles. The third-order valence-electron chi connectivity index (χ3n) is 6.66. The van der Waals surface area contributed by atoms with Gasteiger partial charge in [-0.25, -0.2) is 14.4 Å². The van der Waals surface area contributed by atoms with Gasteiger partial charge in [0.25, 0.3) is 0 Å². The third-order valence-corrected chi connectivity index (χ3v) is 7.71. The zero-order valence-electron chi connectivity index (χ0n) is 34.8. The van der Waals surface area contributed by atoms with Crippen LogP contribution in [0.5, 0.6) is 34.5 Å². The predicted octanol–water partition coefficient (Wildman–Crippen LogP) is 13.5. The summed E-state index contributed by atoms with van der Waals surface area (Å²) < 4.78 is 90.1. The van der Waals surface area contributed by atoms with E-state index >= 15 is 0 Å². The molecule has 0 saturated carbocycles. The van der Waals surface area contributed by atoms with Gasteiger partial charge < -0.3 is 34.6 Å². The van der Waals surface area contributed by atoms with Crippen molar-refractivity contribution < 1.29 is 80.3 Å². The molecule has 0 aliphatic heterocycles. The number of carbonyl (C=O) groups is 3. The minimum Gasteiger partial charge on any atom is -0.508 e. The van der Waals surface area contributed by atoms with E-state index in [1.54, 1.807) is 26.0 Å². The number of nitrogens with zero attached hydrogens (tertiary/aromatic N) is 1. The Morgan fingerprint density at radius 3 is 1.42 bits per heavy atom. The molecule has 0 saturated heterocycles. The molecule has 4 rings (SSSR count). The first-order chi connectivity index (χ1) is 30.5. The molecule has 4 aromatic carbocycles. The number of phenols is 2. The number of aliphatic carboxylic acids is 2. The fraction of sp³-hybridized carbons (Fsp3) is 0.233. The number of aromatic hydroxyl groups is 2. The van der Waals surface area contributed by atoms with Crippen LogP contribution in [0, 0.1) is 10.1 Å². The van der Waals surface area contributed by atoms with Crippen LogP contribution in [0.3, 0.4) is 0 Å². The van der Waals surface area contributed by atoms with Crippen LogP contribution in [-0.4, -0.2) is 64.9 Å². The maximum Gasteiger partial charge on any atom is 0.416 e. The number of halogens is 10. The van der Waals surface area contributed by atoms with Crippen molar-refractivity contribution in [1.29, 1.82) is 0 Å². The van der Waals surface area contributed by atoms with Crippen LogP contribution in [0.15, 0.2) is 121 Å². The number of nitro benzene ring substituents is 1. The topological polar surface area (TPSA) is 203 Å². The van der Waals surface area contributed by atoms with Gasteiger partial charge in [-0.1, -0.05) is 61.7 Å². The standard InChI is InChI=1S/C13H8ClF3O2.C13H8F3NO4.C7H11BrO2.C5H7BrO2.C5H7ClO2/c14-11-7-8(13(15,16)17)1-6-12(11)19-10-4-2-9(18)3-5-10;14-13(15,16)8-1-6-12(11(7-8)17(19)20)21-10-4-2-9(18)3-5-10;1-3-10-7(9)5-4-6(2)8;2*1-4(6)2-3-5(7)8/h1-7,18H;1-7,18H;4-6H,3H2,1-2H3;2*2-4H,1H3,(H,7,8). The average Bonchev–Trinajstić information content (AvgIpc) is 3.21. The van der Waals surface area contributed by atoms with Crippen molar-refractivity contribution in [1.82, 2.24) is 0 Å². The minimum atomic E-state index is -4.68. The molecule has 23 heteroatoms. The van der Waals surface area contributed by atoms with Crippen LogP contribution in [0.4, 0.5) is 32.0 Å². The number of allylic oxidation sites excluding steroid dienone is 3. The molecule has 4 aromatic rings. The summed E-state index contributed by atoms with van der Waals surface area (Å²) in [5.74, 6) is -1.83. The fourth-order valence-electron chi connectivity index (χ4n) is 3.80. The Bertz CT molecular complexity index is 2210. The molecule has 0 spiro atoms. The number of hydrogen-bond acceptors (Lipinski definition) is 10. The Balaban J connectivity index is 0.000000856. The number of carbonyl (C=O) groups excluding carboxylic acids is 1. The molecular weight excluding hydrogens is 1070 g/mol. The quantitative estimate of drug-likeness (QED) is 0.0261. The molecular formula is C43H41Br2Cl2F6NO12. The van der Waals surface area contributed by atoms with Gasteiger partial charge in [-0.2, -0.15) is 26.3 Å². The van der Waals surface area contributed by atoms with Crippen LogP contribution < -0.4 is 9.47 Å². The molecule has 4 N–H and O–H groups in total. The lowest BCUT2D eigenvalue weighted by Crippen LogP contribution is -2.06. The van der Waals surface area contributed by atoms with E-state index in [1.807, 2.05) is 13.8 Å². The zero-order valence-corrected chi connectivity index (χ0v) is 39.5. The maximum absolute atomic E-state index is 12.5. The summed E-state index contributed by atoms with van der Waals surface area (Å²) in [6.45, 7) is 7.68. The van der Waals surface area contributed by atoms with Gasteiger partial charge >= 0.3 is 35.9 Å². The van der Waals surface area contributed by atoms with Gasteiger partial charge in [0.15, 0.2) is 0 Å². The summed E-state index contributed by atoms with van der Waals surface area (Å²) in [6, 6.07) is 15.8. The second-order valence-corrected chi connectivity index (χ2v) is 16.3. The summed E-state index contributed by atoms with van der Waals surface area (Å²) in [4.78, 5) is 40.4. The molecule has 0 fully saturated rings. The highest BCUT2D eigenvalue weighted by atomic mass is 79.9. The monoisotopic (exact) mass is 1110 g/mol. The number of rotatable bonds is 12. The SMILES string of the molecule is CC(Br)C=CC(=O)O.CC(Cl)C=CC(=O)O.CCOC(=O)C=CC(C)Br.O=[N+]([O-])c1cc(C(F)(F)F)ccc1Oc1ccc(O)cc1.Oc1ccc(Oc2ccc(C(F)(F)F)cc2Cl)cc1. The van der Waals surface area contributed by atoms with Gasteiger partial charge in [-0.15, -0.1) is 11.6 Å². The Morgan fingerprint density at radius 1 is 0.697 bits per heavy atom. The lowest BCUT2D eigenvalue weighted by Gasteiger charge is -2.11. The van der Waals surface area contributed by atoms with E-state index < -0.39 is 46.0 Å². The number of alkyl halides is 9. The van der Waals surface area contributed by atoms with Crippen LogP contribution in [0.2, 0.25) is 5.02 Å². The molecule has 66 heavy (non-hydrogen) atoms. The Morgan fingerprint density at radius 2 is 1.09 bits per heavy atom. The summed E-state index contributed by atoms with van der Waals surface area (Å²) in [5, 5.41) is 44.8. The van der Waals surface area contributed by atoms with Crippen LogP contribution >= 0.6 is 55.1 Å². The first-order valence-corrected chi connectivity index (χ1v) is 21.0. The number of phenolic OH excluding ortho intramolecular Hbond substituents is 2. The summed E-state index contributed by atoms with van der Waals surface area (Å²) >= 11 is 17.5. The lowest BCUT2D eigenvalue weighted by atomic mass is 10.2. The molecule has 0 aliphatic carbocycles. The van der Waals surface area contributed by atoms with Crippen molar-refractivity contribution in [2.75, 3.05) is 6.61 Å². The molecule has 13 nitrogen and oxygen atoms in total. The van der Waals surface area contributed by atoms with Gasteiger partial charge in [0.2, 0.25) is 5.75 Å². The average molecular weight is 1110 g/mol. The third kappa shape index (κ3) is 28.2. The first kappa shape index (κ1) is 60.2. The largest absolute Gasteiger partial charge is 0.508 e. The lowest BCUT2D eigenvalue weighted by molar-refractivity contribution is -0.385. The van der Waals surface area contributed by atoms with Gasteiger partial charge in [0.05, 0.1) is 27.7 Å². The molecule has 0 amide bonds. The Hall–Kier alpha value is -5.77. The van der Waals surface area contributed by atoms with Gasteiger partial charge in [-0.05, 0) is 107 Å². The summed E-state index contributed by atoms with van der Waals surface area (Å²) in [7, 11) is 0. The van der Waals surface area contributed by atoms with Crippen molar-refractivity contribution >= 4 is 78.7 Å². The number of nitro groups is 1. The molecule has 3 unspecified atom stereocenters. The van der Waals surface area contributed by atoms with Gasteiger partial charge in [-0.3, -0.25) is 10.1 Å². The van der Waals surface area contributed by atoms with Gasteiger partial charge in [0.1, 0.15) is 28.7 Å². The van der Waals surface area contributed by atoms with Crippen LogP contribution in [0.1, 0.15) is 38.8 Å². The minimum absolute atomic E-state index is 0.0377. The number of esters is 1. The molecule has 0 heterocycles. The van der Waals surface area contributed by atoms with E-state index in [0.29, 0.717) is 24.5 Å². The molecule has 360 valence electrons. The van der Waals surface area contributed by atoms with E-state index in [0.717, 1.165) is 36.4 Å². The number of carboxylic acids is 2. The van der Waals surface area contributed by atoms with E-state index in [4.69, 9.17) is 53.1 Å². The summed E-state index contributed by atoms with van der Waals surface area (Å²) in [6.07, 6.45) is -0.868. The second-order valence-electron chi connectivity index (χ2n) is 12.3. The number of carboxylic acid groups (broad SMARTS) is 2. The highest BCUT2D eigenvalue weighted by Crippen LogP contribution is 2.39. The highest BCUT2D eigenvalue weighted by molar-refractivity contribution is 9.09. The predicted molar refractivity (Wildman–Crippen MR) is 242 cm³/mol. The molecule has 3 atom stereocenters. The van der Waals surface area contributed by atoms with Crippen molar-refractivity contribution in [3.05, 3.63) is 148 Å². The van der Waals surface area contributed by atoms with Crippen molar-refractivity contribution in [2.45, 2.75) is 55.1 Å². The van der Waals surface area contributed by atoms with E-state index in [2.05, 4.69) is 36.6 Å². The van der Waals surface area contributed by atoms with E-state index in [-0.39, 0.29) is 54.8 Å². The van der Waals surface area contributed by atoms with Crippen molar-refractivity contribution in [3.63, 3.8) is 0 Å². The highest BCUT2D eigenvalue weighted by Gasteiger charge is 2.33. The number of hydrogen-bond donors (Lipinski definition) is 4. The maximum atomic E-state index is 12.5. The molecule has 0 radical (unpaired) electrons. The van der Waals surface area contributed by atoms with Crippen molar-refractivity contribution in [2.24, 2.45) is 0 Å². The smallest absolute Gasteiger partial charge is 0.416 e. The first-order valence-electron chi connectivity index (χ1n) is 18.3. The van der Waals surface area contributed by atoms with Gasteiger partial charge in [0, 0.05) is 39.3 Å². The van der Waals surface area contributed by atoms with Crippen LogP contribution in [-0.2, 0) is 31.5 Å². The Kier molecular flexibility index (Phi) is 27.8. The normalized spacial score (nSPS) is 12.3. The number of ether oxygens (including phenoxy) is 3. The van der Waals surface area contributed by atoms with E-state index in [1.165, 1.54) is 60.7 Å². The summed E-state index contributed by atoms with van der Waals surface area (Å²) in [5.41, 5.74) is -2.76. The van der Waals surface area contributed by atoms with Crippen LogP contribution in [0.25, 0.3) is 0 Å². The fourth-order valence-corrected chi connectivity index (χ4v) is 4.39. The Labute approximate surface area is 400 Å². The zero-order chi connectivity index (χ0) is 50.8. The number of benzene rings is 4. The molecule has 0 aliphatic rings. The molecule has 0 bridgehead atoms. The second kappa shape index (κ2) is 30.4. The van der Waals surface area contributed by atoms with Crippen molar-refractivity contribution in [3.8, 4) is 34.5 Å². The van der Waals surface area contributed by atoms with E-state index in [9.17, 15) is 50.8 Å².